The predicted octanol–water partition coefficient (Wildman–Crippen LogP) is 1.62. The molecule has 0 saturated carbocycles. The second kappa shape index (κ2) is 3.92. The lowest BCUT2D eigenvalue weighted by Gasteiger charge is -2.10. The maximum atomic E-state index is 10.7. The van der Waals surface area contributed by atoms with Gasteiger partial charge in [-0.05, 0) is 19.1 Å². The molecule has 2 aromatic heterocycles. The van der Waals surface area contributed by atoms with Gasteiger partial charge in [-0.2, -0.15) is 5.10 Å². The molecule has 1 atom stereocenters. The van der Waals surface area contributed by atoms with E-state index in [1.807, 2.05) is 32.0 Å². The minimum Gasteiger partial charge on any atom is -0.481 e. The van der Waals surface area contributed by atoms with Crippen LogP contribution < -0.4 is 0 Å². The fraction of sp³-hybridized carbons (Fsp3) is 0.364. The van der Waals surface area contributed by atoms with Crippen molar-refractivity contribution in [1.82, 2.24) is 14.6 Å². The number of hydrogen-bond acceptors (Lipinski definition) is 3. The van der Waals surface area contributed by atoms with Gasteiger partial charge in [-0.1, -0.05) is 13.0 Å². The summed E-state index contributed by atoms with van der Waals surface area (Å²) in [5.74, 6) is -0.196. The molecule has 0 spiro atoms. The summed E-state index contributed by atoms with van der Waals surface area (Å²) in [5, 5.41) is 13.0. The summed E-state index contributed by atoms with van der Waals surface area (Å²) in [6, 6.07) is 5.61. The number of nitrogens with zero attached hydrogens (tertiary/aromatic N) is 3. The highest BCUT2D eigenvalue weighted by Gasteiger charge is 2.14. The molecule has 16 heavy (non-hydrogen) atoms. The van der Waals surface area contributed by atoms with Crippen LogP contribution in [-0.4, -0.2) is 25.7 Å². The van der Waals surface area contributed by atoms with Crippen molar-refractivity contribution >= 4 is 11.6 Å². The molecule has 1 unspecified atom stereocenters. The van der Waals surface area contributed by atoms with Gasteiger partial charge >= 0.3 is 5.97 Å². The summed E-state index contributed by atoms with van der Waals surface area (Å²) >= 11 is 0. The van der Waals surface area contributed by atoms with Gasteiger partial charge in [0, 0.05) is 11.6 Å². The van der Waals surface area contributed by atoms with E-state index in [1.54, 1.807) is 4.52 Å². The molecule has 2 aromatic rings. The van der Waals surface area contributed by atoms with Crippen LogP contribution in [0.15, 0.2) is 18.2 Å². The monoisotopic (exact) mass is 219 g/mol. The van der Waals surface area contributed by atoms with Crippen molar-refractivity contribution in [1.29, 1.82) is 0 Å². The molecule has 0 amide bonds. The highest BCUT2D eigenvalue weighted by Crippen LogP contribution is 2.19. The van der Waals surface area contributed by atoms with Crippen LogP contribution in [0.5, 0.6) is 0 Å². The van der Waals surface area contributed by atoms with E-state index in [0.717, 1.165) is 11.3 Å². The van der Waals surface area contributed by atoms with E-state index in [0.29, 0.717) is 5.82 Å². The van der Waals surface area contributed by atoms with Gasteiger partial charge in [0.05, 0.1) is 6.42 Å². The van der Waals surface area contributed by atoms with Crippen LogP contribution in [-0.2, 0) is 4.79 Å². The zero-order valence-corrected chi connectivity index (χ0v) is 9.21. The van der Waals surface area contributed by atoms with E-state index in [4.69, 9.17) is 5.11 Å². The van der Waals surface area contributed by atoms with Crippen molar-refractivity contribution in [3.8, 4) is 0 Å². The molecule has 0 saturated heterocycles. The lowest BCUT2D eigenvalue weighted by atomic mass is 10.0. The average Bonchev–Trinajstić information content (AvgIpc) is 2.55. The second-order valence-electron chi connectivity index (χ2n) is 3.88. The van der Waals surface area contributed by atoms with Crippen molar-refractivity contribution < 1.29 is 9.90 Å². The largest absolute Gasteiger partial charge is 0.481 e. The summed E-state index contributed by atoms with van der Waals surface area (Å²) < 4.78 is 1.71. The number of carboxylic acid groups (broad SMARTS) is 1. The van der Waals surface area contributed by atoms with E-state index >= 15 is 0 Å². The number of pyridine rings is 1. The molecule has 0 radical (unpaired) electrons. The van der Waals surface area contributed by atoms with Crippen molar-refractivity contribution in [2.24, 2.45) is 0 Å². The van der Waals surface area contributed by atoms with Crippen LogP contribution in [0.3, 0.4) is 0 Å². The molecule has 1 N–H and O–H groups in total. The third kappa shape index (κ3) is 1.88. The van der Waals surface area contributed by atoms with Gasteiger partial charge in [-0.15, -0.1) is 0 Å². The molecule has 5 nitrogen and oxygen atoms in total. The zero-order valence-electron chi connectivity index (χ0n) is 9.21. The van der Waals surface area contributed by atoms with Gasteiger partial charge in [0.25, 0.3) is 0 Å². The lowest BCUT2D eigenvalue weighted by Crippen LogP contribution is -2.08. The molecule has 2 heterocycles. The topological polar surface area (TPSA) is 67.5 Å². The molecule has 5 heteroatoms. The fourth-order valence-electron chi connectivity index (χ4n) is 1.77. The minimum absolute atomic E-state index is 0.0812. The Kier molecular flexibility index (Phi) is 2.60. The number of aromatic nitrogens is 3. The normalized spacial score (nSPS) is 12.9. The Morgan fingerprint density at radius 3 is 3.00 bits per heavy atom. The molecule has 2 rings (SSSR count). The number of carbonyl (C=O) groups is 1. The zero-order chi connectivity index (χ0) is 11.7. The summed E-state index contributed by atoms with van der Waals surface area (Å²) in [6.45, 7) is 3.69. The molecular weight excluding hydrogens is 206 g/mol. The molecule has 0 fully saturated rings. The highest BCUT2D eigenvalue weighted by atomic mass is 16.4. The SMILES string of the molecule is Cc1nc2cccc(C(C)CC(=O)O)n2n1. The Bertz CT molecular complexity index is 533. The first-order chi connectivity index (χ1) is 7.58. The summed E-state index contributed by atoms with van der Waals surface area (Å²) in [6.07, 6.45) is 0.0953. The van der Waals surface area contributed by atoms with E-state index in [-0.39, 0.29) is 12.3 Å². The Balaban J connectivity index is 2.47. The van der Waals surface area contributed by atoms with Gasteiger partial charge in [-0.25, -0.2) is 9.50 Å². The molecule has 84 valence electrons. The van der Waals surface area contributed by atoms with Crippen molar-refractivity contribution in [2.75, 3.05) is 0 Å². The number of fused-ring (bicyclic) bond motifs is 1. The van der Waals surface area contributed by atoms with Gasteiger partial charge in [0.15, 0.2) is 5.65 Å². The molecule has 0 bridgehead atoms. The van der Waals surface area contributed by atoms with E-state index in [9.17, 15) is 4.79 Å². The third-order valence-electron chi connectivity index (χ3n) is 2.48. The van der Waals surface area contributed by atoms with E-state index in [2.05, 4.69) is 10.1 Å². The maximum Gasteiger partial charge on any atom is 0.304 e. The van der Waals surface area contributed by atoms with Crippen LogP contribution in [0.2, 0.25) is 0 Å². The number of aryl methyl sites for hydroxylation is 1. The third-order valence-corrected chi connectivity index (χ3v) is 2.48. The second-order valence-corrected chi connectivity index (χ2v) is 3.88. The maximum absolute atomic E-state index is 10.7. The first kappa shape index (κ1) is 10.6. The molecule has 0 aliphatic heterocycles. The van der Waals surface area contributed by atoms with Crippen LogP contribution in [0.25, 0.3) is 5.65 Å². The quantitative estimate of drug-likeness (QED) is 0.851. The number of rotatable bonds is 3. The van der Waals surface area contributed by atoms with Gasteiger partial charge in [0.1, 0.15) is 5.82 Å². The smallest absolute Gasteiger partial charge is 0.304 e. The highest BCUT2D eigenvalue weighted by molar-refractivity contribution is 5.67. The van der Waals surface area contributed by atoms with Crippen LogP contribution in [0.1, 0.15) is 30.8 Å². The summed E-state index contributed by atoms with van der Waals surface area (Å²) in [5.41, 5.74) is 1.63. The predicted molar refractivity (Wildman–Crippen MR) is 58.4 cm³/mol. The molecule has 0 aliphatic rings. The summed E-state index contributed by atoms with van der Waals surface area (Å²) in [7, 11) is 0. The summed E-state index contributed by atoms with van der Waals surface area (Å²) in [4.78, 5) is 14.9. The number of carboxylic acids is 1. The molecule has 0 aliphatic carbocycles. The number of aliphatic carboxylic acids is 1. The van der Waals surface area contributed by atoms with Crippen molar-refractivity contribution in [3.05, 3.63) is 29.7 Å². The van der Waals surface area contributed by atoms with Crippen LogP contribution in [0.4, 0.5) is 0 Å². The number of hydrogen-bond donors (Lipinski definition) is 1. The van der Waals surface area contributed by atoms with Crippen molar-refractivity contribution in [3.63, 3.8) is 0 Å². The van der Waals surface area contributed by atoms with Crippen LogP contribution in [0, 0.1) is 6.92 Å². The first-order valence-electron chi connectivity index (χ1n) is 5.12. The fourth-order valence-corrected chi connectivity index (χ4v) is 1.77. The Labute approximate surface area is 92.7 Å². The lowest BCUT2D eigenvalue weighted by molar-refractivity contribution is -0.137. The van der Waals surface area contributed by atoms with Gasteiger partial charge < -0.3 is 5.11 Å². The van der Waals surface area contributed by atoms with Crippen LogP contribution >= 0.6 is 0 Å². The average molecular weight is 219 g/mol. The first-order valence-corrected chi connectivity index (χ1v) is 5.12. The Morgan fingerprint density at radius 1 is 1.56 bits per heavy atom. The van der Waals surface area contributed by atoms with Crippen molar-refractivity contribution in [2.45, 2.75) is 26.2 Å². The van der Waals surface area contributed by atoms with Gasteiger partial charge in [-0.3, -0.25) is 4.79 Å². The Hall–Kier alpha value is -1.91. The van der Waals surface area contributed by atoms with E-state index < -0.39 is 5.97 Å². The van der Waals surface area contributed by atoms with Gasteiger partial charge in [0.2, 0.25) is 0 Å². The minimum atomic E-state index is -0.804. The molecule has 0 aromatic carbocycles. The molecular formula is C11H13N3O2. The standard InChI is InChI=1S/C11H13N3O2/c1-7(6-11(15)16)9-4-3-5-10-12-8(2)13-14(9)10/h3-5,7H,6H2,1-2H3,(H,15,16). The Morgan fingerprint density at radius 2 is 2.31 bits per heavy atom. The van der Waals surface area contributed by atoms with E-state index in [1.165, 1.54) is 0 Å².